The summed E-state index contributed by atoms with van der Waals surface area (Å²) in [6.07, 6.45) is 0. The van der Waals surface area contributed by atoms with Gasteiger partial charge in [-0.15, -0.1) is 16.4 Å². The highest BCUT2D eigenvalue weighted by Crippen LogP contribution is 2.31. The second kappa shape index (κ2) is 9.97. The fraction of sp³-hybridized carbons (Fsp3) is 0.0833. The molecule has 5 rings (SSSR count). The fourth-order valence-electron chi connectivity index (χ4n) is 3.24. The van der Waals surface area contributed by atoms with E-state index in [0.717, 1.165) is 31.8 Å². The second-order valence-corrected chi connectivity index (χ2v) is 11.7. The van der Waals surface area contributed by atoms with E-state index in [1.54, 1.807) is 28.2 Å². The first-order valence-corrected chi connectivity index (χ1v) is 13.6. The molecule has 1 amide bonds. The van der Waals surface area contributed by atoms with Crippen molar-refractivity contribution >= 4 is 80.1 Å². The number of fused-ring (bicyclic) bond motifs is 1. The lowest BCUT2D eigenvalue weighted by Crippen LogP contribution is -2.13. The van der Waals surface area contributed by atoms with Crippen LogP contribution in [0.25, 0.3) is 26.5 Å². The molecule has 34 heavy (non-hydrogen) atoms. The molecule has 0 aliphatic heterocycles. The van der Waals surface area contributed by atoms with Crippen molar-refractivity contribution in [2.45, 2.75) is 11.3 Å². The quantitative estimate of drug-likeness (QED) is 0.177. The molecule has 0 spiro atoms. The molecule has 0 unspecified atom stereocenters. The van der Waals surface area contributed by atoms with Crippen LogP contribution in [0.3, 0.4) is 0 Å². The number of benzene rings is 3. The van der Waals surface area contributed by atoms with Crippen molar-refractivity contribution in [3.63, 3.8) is 0 Å². The predicted molar refractivity (Wildman–Crippen MR) is 146 cm³/mol. The number of aryl methyl sites for hydroxylation is 1. The van der Waals surface area contributed by atoms with E-state index in [1.165, 1.54) is 33.4 Å². The summed E-state index contributed by atoms with van der Waals surface area (Å²) in [5.74, 6) is 0.134. The van der Waals surface area contributed by atoms with Gasteiger partial charge in [-0.05, 0) is 85.4 Å². The van der Waals surface area contributed by atoms with Crippen molar-refractivity contribution in [1.82, 2.24) is 14.8 Å². The normalized spacial score (nSPS) is 11.1. The van der Waals surface area contributed by atoms with Gasteiger partial charge in [0, 0.05) is 16.3 Å². The molecule has 0 aliphatic carbocycles. The van der Waals surface area contributed by atoms with Crippen LogP contribution in [0.5, 0.6) is 0 Å². The van der Waals surface area contributed by atoms with E-state index in [-0.39, 0.29) is 11.7 Å². The van der Waals surface area contributed by atoms with Crippen LogP contribution >= 0.6 is 58.3 Å². The van der Waals surface area contributed by atoms with Crippen LogP contribution in [-0.2, 0) is 4.79 Å². The van der Waals surface area contributed by atoms with Gasteiger partial charge >= 0.3 is 0 Å². The summed E-state index contributed by atoms with van der Waals surface area (Å²) in [4.78, 5) is 17.2. The van der Waals surface area contributed by atoms with Crippen LogP contribution in [0.4, 0.5) is 5.69 Å². The third kappa shape index (κ3) is 5.24. The van der Waals surface area contributed by atoms with Crippen molar-refractivity contribution in [3.8, 4) is 16.3 Å². The van der Waals surface area contributed by atoms with E-state index in [4.69, 9.17) is 28.8 Å². The van der Waals surface area contributed by atoms with Crippen LogP contribution < -0.4 is 5.32 Å². The molecule has 0 atom stereocenters. The Morgan fingerprint density at radius 1 is 1.09 bits per heavy atom. The Labute approximate surface area is 218 Å². The number of hydrogen-bond acceptors (Lipinski definition) is 7. The van der Waals surface area contributed by atoms with Gasteiger partial charge in [0.15, 0.2) is 8.29 Å². The number of carbonyl (C=O) groups is 1. The van der Waals surface area contributed by atoms with Crippen LogP contribution in [0.2, 0.25) is 5.02 Å². The van der Waals surface area contributed by atoms with E-state index in [0.29, 0.717) is 8.98 Å². The van der Waals surface area contributed by atoms with Crippen LogP contribution in [0.15, 0.2) is 71.1 Å². The molecule has 5 nitrogen and oxygen atoms in total. The SMILES string of the molecule is Cc1ccc2nc(-c3ccc(NC(=O)CSc4nn(-c5ccc(Cl)cc5)c(=S)s4)cc3)sc2c1. The lowest BCUT2D eigenvalue weighted by molar-refractivity contribution is -0.113. The molecule has 170 valence electrons. The van der Waals surface area contributed by atoms with Crippen molar-refractivity contribution in [2.75, 3.05) is 11.1 Å². The van der Waals surface area contributed by atoms with Gasteiger partial charge in [0.1, 0.15) is 5.01 Å². The number of carbonyl (C=O) groups excluding carboxylic acids is 1. The lowest BCUT2D eigenvalue weighted by atomic mass is 10.2. The van der Waals surface area contributed by atoms with E-state index >= 15 is 0 Å². The minimum Gasteiger partial charge on any atom is -0.325 e. The zero-order chi connectivity index (χ0) is 23.7. The number of thioether (sulfide) groups is 1. The van der Waals surface area contributed by atoms with E-state index in [1.807, 2.05) is 42.5 Å². The van der Waals surface area contributed by atoms with Gasteiger partial charge in [-0.2, -0.15) is 0 Å². The van der Waals surface area contributed by atoms with Gasteiger partial charge in [-0.3, -0.25) is 4.79 Å². The number of anilines is 1. The smallest absolute Gasteiger partial charge is 0.234 e. The molecule has 0 aliphatic rings. The molecular formula is C24H17ClN4OS4. The first-order chi connectivity index (χ1) is 16.4. The molecule has 2 aromatic heterocycles. The third-order valence-electron chi connectivity index (χ3n) is 4.89. The maximum absolute atomic E-state index is 12.5. The largest absolute Gasteiger partial charge is 0.325 e. The molecular weight excluding hydrogens is 524 g/mol. The summed E-state index contributed by atoms with van der Waals surface area (Å²) in [7, 11) is 0. The molecule has 0 saturated carbocycles. The molecule has 10 heteroatoms. The van der Waals surface area contributed by atoms with Crippen LogP contribution in [-0.4, -0.2) is 26.4 Å². The van der Waals surface area contributed by atoms with Crippen molar-refractivity contribution in [2.24, 2.45) is 0 Å². The first-order valence-electron chi connectivity index (χ1n) is 10.2. The molecule has 0 saturated heterocycles. The Kier molecular flexibility index (Phi) is 6.80. The van der Waals surface area contributed by atoms with Gasteiger partial charge in [-0.1, -0.05) is 40.8 Å². The lowest BCUT2D eigenvalue weighted by Gasteiger charge is -2.05. The summed E-state index contributed by atoms with van der Waals surface area (Å²) in [6, 6.07) is 21.3. The Hall–Kier alpha value is -2.56. The van der Waals surface area contributed by atoms with E-state index < -0.39 is 0 Å². The molecule has 3 aromatic carbocycles. The first kappa shape index (κ1) is 23.2. The van der Waals surface area contributed by atoms with E-state index in [9.17, 15) is 4.79 Å². The zero-order valence-electron chi connectivity index (χ0n) is 17.8. The van der Waals surface area contributed by atoms with Gasteiger partial charge < -0.3 is 5.32 Å². The highest BCUT2D eigenvalue weighted by atomic mass is 35.5. The van der Waals surface area contributed by atoms with Gasteiger partial charge in [0.25, 0.3) is 0 Å². The average Bonchev–Trinajstić information content (AvgIpc) is 3.41. The Balaban J connectivity index is 1.21. The van der Waals surface area contributed by atoms with Gasteiger partial charge in [0.2, 0.25) is 5.91 Å². The van der Waals surface area contributed by atoms with Crippen LogP contribution in [0.1, 0.15) is 5.56 Å². The van der Waals surface area contributed by atoms with E-state index in [2.05, 4.69) is 29.5 Å². The summed E-state index contributed by atoms with van der Waals surface area (Å²) < 4.78 is 4.20. The third-order valence-corrected chi connectivity index (χ3v) is 8.57. The Morgan fingerprint density at radius 3 is 2.62 bits per heavy atom. The van der Waals surface area contributed by atoms with Crippen molar-refractivity contribution < 1.29 is 4.79 Å². The zero-order valence-corrected chi connectivity index (χ0v) is 21.8. The minimum atomic E-state index is -0.104. The molecule has 5 aromatic rings. The Morgan fingerprint density at radius 2 is 1.85 bits per heavy atom. The van der Waals surface area contributed by atoms with Gasteiger partial charge in [-0.25, -0.2) is 9.67 Å². The van der Waals surface area contributed by atoms with Crippen molar-refractivity contribution in [1.29, 1.82) is 0 Å². The molecule has 1 N–H and O–H groups in total. The predicted octanol–water partition coefficient (Wildman–Crippen LogP) is 7.63. The number of rotatable bonds is 6. The number of halogens is 1. The summed E-state index contributed by atoms with van der Waals surface area (Å²) in [5.41, 5.74) is 4.83. The van der Waals surface area contributed by atoms with Gasteiger partial charge in [0.05, 0.1) is 21.7 Å². The number of hydrogen-bond donors (Lipinski definition) is 1. The fourth-order valence-corrected chi connectivity index (χ4v) is 6.60. The minimum absolute atomic E-state index is 0.104. The summed E-state index contributed by atoms with van der Waals surface area (Å²) >= 11 is 15.8. The molecule has 0 radical (unpaired) electrons. The highest BCUT2D eigenvalue weighted by Gasteiger charge is 2.11. The summed E-state index contributed by atoms with van der Waals surface area (Å²) in [6.45, 7) is 2.08. The summed E-state index contributed by atoms with van der Waals surface area (Å²) in [5, 5.41) is 9.08. The number of thiazole rings is 1. The standard InChI is InChI=1S/C24H17ClN4OS4/c1-14-2-11-19-20(12-14)33-22(27-19)15-3-7-17(8-4-15)26-21(30)13-32-23-28-29(24(31)34-23)18-9-5-16(25)6-10-18/h2-12H,13H2,1H3,(H,26,30). The average molecular weight is 541 g/mol. The molecule has 0 fully saturated rings. The number of nitrogens with zero attached hydrogens (tertiary/aromatic N) is 3. The maximum Gasteiger partial charge on any atom is 0.234 e. The van der Waals surface area contributed by atoms with Crippen LogP contribution in [0, 0.1) is 10.9 Å². The maximum atomic E-state index is 12.5. The van der Waals surface area contributed by atoms with Crippen molar-refractivity contribution in [3.05, 3.63) is 81.3 Å². The monoisotopic (exact) mass is 540 g/mol. The number of aromatic nitrogens is 3. The molecule has 0 bridgehead atoms. The molecule has 2 heterocycles. The second-order valence-electron chi connectivity index (χ2n) is 7.43. The number of nitrogens with one attached hydrogen (secondary N) is 1. The number of amides is 1. The topological polar surface area (TPSA) is 59.8 Å². The highest BCUT2D eigenvalue weighted by molar-refractivity contribution is 8.01. The Bertz CT molecular complexity index is 1540.